The van der Waals surface area contributed by atoms with E-state index in [0.717, 1.165) is 0 Å². The summed E-state index contributed by atoms with van der Waals surface area (Å²) in [6.45, 7) is 0. The van der Waals surface area contributed by atoms with Gasteiger partial charge in [0, 0.05) is 0 Å². The number of hydrogen-bond donors (Lipinski definition) is 0. The van der Waals surface area contributed by atoms with Crippen molar-refractivity contribution in [3.8, 4) is 0 Å². The zero-order valence-corrected chi connectivity index (χ0v) is 4.14. The predicted molar refractivity (Wildman–Crippen MR) is 14.0 cm³/mol. The van der Waals surface area contributed by atoms with E-state index in [-0.39, 0.29) is 25.0 Å². The average Bonchev–Trinajstić information content (AvgIpc) is 0.811. The molecular formula is H2NO4Rh+. The van der Waals surface area contributed by atoms with Crippen LogP contribution >= 0.6 is 0 Å². The van der Waals surface area contributed by atoms with E-state index in [9.17, 15) is 0 Å². The largest absolute Gasteiger partial charge is 2.00 e. The van der Waals surface area contributed by atoms with Crippen molar-refractivity contribution in [3.63, 3.8) is 0 Å². The monoisotopic (exact) mass is 183 g/mol. The van der Waals surface area contributed by atoms with Crippen molar-refractivity contribution in [3.05, 3.63) is 15.3 Å². The van der Waals surface area contributed by atoms with Gasteiger partial charge in [0.25, 0.3) is 0 Å². The fraction of sp³-hybridized carbons (Fsp3) is 0. The number of hydrogen-bond acceptors (Lipinski definition) is 3. The van der Waals surface area contributed by atoms with Gasteiger partial charge >= 0.3 is 19.5 Å². The molecule has 0 spiro atoms. The Morgan fingerprint density at radius 1 is 1.33 bits per heavy atom. The van der Waals surface area contributed by atoms with E-state index >= 15 is 0 Å². The maximum Gasteiger partial charge on any atom is 2.00 e. The van der Waals surface area contributed by atoms with E-state index in [1.165, 1.54) is 0 Å². The minimum Gasteiger partial charge on any atom is -0.412 e. The van der Waals surface area contributed by atoms with Crippen LogP contribution in [0.25, 0.3) is 0 Å². The van der Waals surface area contributed by atoms with Gasteiger partial charge < -0.3 is 20.8 Å². The van der Waals surface area contributed by atoms with Crippen molar-refractivity contribution in [1.29, 1.82) is 0 Å². The van der Waals surface area contributed by atoms with Crippen molar-refractivity contribution in [1.82, 2.24) is 0 Å². The Labute approximate surface area is 46.1 Å². The minimum absolute atomic E-state index is 0. The maximum absolute atomic E-state index is 8.25. The summed E-state index contributed by atoms with van der Waals surface area (Å²) in [6.07, 6.45) is 0. The molecule has 0 aromatic carbocycles. The van der Waals surface area contributed by atoms with Crippen LogP contribution in [0.5, 0.6) is 0 Å². The first-order chi connectivity index (χ1) is 1.73. The molecule has 0 bridgehead atoms. The molecule has 0 aliphatic rings. The SMILES string of the molecule is O.O=[N+]([O-])[O-].[Rh+2]. The van der Waals surface area contributed by atoms with Crippen LogP contribution in [-0.2, 0) is 19.5 Å². The number of rotatable bonds is 0. The molecule has 0 aromatic heterocycles. The first kappa shape index (κ1) is 17.1. The van der Waals surface area contributed by atoms with Gasteiger partial charge in [-0.25, -0.2) is 0 Å². The molecule has 0 rings (SSSR count). The third-order valence-corrected chi connectivity index (χ3v) is 0. The molecule has 0 fully saturated rings. The molecule has 0 heterocycles. The first-order valence-electron chi connectivity index (χ1n) is 0.548. The van der Waals surface area contributed by atoms with Crippen LogP contribution < -0.4 is 0 Å². The van der Waals surface area contributed by atoms with Crippen LogP contribution in [-0.4, -0.2) is 10.6 Å². The topological polar surface area (TPSA) is 97.7 Å². The van der Waals surface area contributed by atoms with Gasteiger partial charge in [-0.2, -0.15) is 0 Å². The Bertz CT molecular complexity index is 30.5. The molecule has 0 saturated heterocycles. The van der Waals surface area contributed by atoms with E-state index < -0.39 is 5.09 Å². The molecule has 0 atom stereocenters. The molecule has 5 nitrogen and oxygen atoms in total. The Morgan fingerprint density at radius 3 is 1.33 bits per heavy atom. The zero-order valence-electron chi connectivity index (χ0n) is 2.51. The summed E-state index contributed by atoms with van der Waals surface area (Å²) in [6, 6.07) is 0. The zero-order chi connectivity index (χ0) is 3.58. The second-order valence-corrected chi connectivity index (χ2v) is 0.224. The fourth-order valence-electron chi connectivity index (χ4n) is 0. The molecule has 0 unspecified atom stereocenters. The second kappa shape index (κ2) is 8.84. The molecule has 0 aliphatic carbocycles. The van der Waals surface area contributed by atoms with Crippen molar-refractivity contribution >= 4 is 0 Å². The van der Waals surface area contributed by atoms with Gasteiger partial charge in [0.15, 0.2) is 0 Å². The van der Waals surface area contributed by atoms with Gasteiger partial charge in [0.2, 0.25) is 0 Å². The smallest absolute Gasteiger partial charge is 0.412 e. The Kier molecular flexibility index (Phi) is 25.2. The molecule has 2 N–H and O–H groups in total. The summed E-state index contributed by atoms with van der Waals surface area (Å²) >= 11 is 0. The van der Waals surface area contributed by atoms with Crippen LogP contribution in [0.2, 0.25) is 0 Å². The third-order valence-electron chi connectivity index (χ3n) is 0. The molecule has 6 heteroatoms. The Morgan fingerprint density at radius 2 is 1.33 bits per heavy atom. The van der Waals surface area contributed by atoms with Crippen molar-refractivity contribution < 1.29 is 30.0 Å². The molecule has 0 aliphatic heterocycles. The standard InChI is InChI=1S/NO3.H2O.Rh/c2-1(3)4;;/h;1H2;/q-1;;+2. The number of nitrogens with zero attached hydrogens (tertiary/aromatic N) is 1. The van der Waals surface area contributed by atoms with Crippen LogP contribution in [0.3, 0.4) is 0 Å². The average molecular weight is 183 g/mol. The van der Waals surface area contributed by atoms with Gasteiger partial charge in [-0.05, 0) is 0 Å². The van der Waals surface area contributed by atoms with Crippen LogP contribution in [0.4, 0.5) is 0 Å². The van der Waals surface area contributed by atoms with E-state index in [1.54, 1.807) is 0 Å². The van der Waals surface area contributed by atoms with E-state index in [1.807, 2.05) is 0 Å². The molecule has 0 amide bonds. The summed E-state index contributed by atoms with van der Waals surface area (Å²) in [4.78, 5) is 8.25. The summed E-state index contributed by atoms with van der Waals surface area (Å²) in [5, 5.41) is 14.8. The van der Waals surface area contributed by atoms with Gasteiger partial charge in [-0.15, -0.1) is 0 Å². The summed E-state index contributed by atoms with van der Waals surface area (Å²) in [5.74, 6) is 0. The third kappa shape index (κ3) is 625. The van der Waals surface area contributed by atoms with E-state index in [2.05, 4.69) is 0 Å². The van der Waals surface area contributed by atoms with Crippen molar-refractivity contribution in [2.75, 3.05) is 0 Å². The molecule has 1 radical (unpaired) electrons. The summed E-state index contributed by atoms with van der Waals surface area (Å²) in [5.41, 5.74) is 0. The van der Waals surface area contributed by atoms with Crippen molar-refractivity contribution in [2.45, 2.75) is 0 Å². The maximum atomic E-state index is 8.25. The normalized spacial score (nSPS) is 4.00. The van der Waals surface area contributed by atoms with Gasteiger partial charge in [0.05, 0.1) is 5.09 Å². The van der Waals surface area contributed by atoms with Crippen LogP contribution in [0.15, 0.2) is 0 Å². The first-order valence-corrected chi connectivity index (χ1v) is 0.548. The molecule has 39 valence electrons. The minimum atomic E-state index is -1.75. The summed E-state index contributed by atoms with van der Waals surface area (Å²) < 4.78 is 0. The van der Waals surface area contributed by atoms with Gasteiger partial charge in [-0.3, -0.25) is 0 Å². The Balaban J connectivity index is -0.0000000450. The second-order valence-electron chi connectivity index (χ2n) is 0.224. The van der Waals surface area contributed by atoms with E-state index in [4.69, 9.17) is 15.3 Å². The molecule has 0 saturated carbocycles. The van der Waals surface area contributed by atoms with Crippen LogP contribution in [0, 0.1) is 15.3 Å². The van der Waals surface area contributed by atoms with Crippen LogP contribution in [0.1, 0.15) is 0 Å². The van der Waals surface area contributed by atoms with Crippen molar-refractivity contribution in [2.24, 2.45) is 0 Å². The molecular weight excluding hydrogens is 181 g/mol. The fourth-order valence-corrected chi connectivity index (χ4v) is 0. The Hall–Kier alpha value is -0.217. The van der Waals surface area contributed by atoms with E-state index in [0.29, 0.717) is 0 Å². The molecule has 0 aromatic rings. The van der Waals surface area contributed by atoms with Gasteiger partial charge in [-0.1, -0.05) is 0 Å². The summed E-state index contributed by atoms with van der Waals surface area (Å²) in [7, 11) is 0. The quantitative estimate of drug-likeness (QED) is 0.271. The van der Waals surface area contributed by atoms with Gasteiger partial charge in [0.1, 0.15) is 0 Å². The molecule has 6 heavy (non-hydrogen) atoms. The predicted octanol–water partition coefficient (Wildman–Crippen LogP) is -1.07.